The predicted molar refractivity (Wildman–Crippen MR) is 49.6 cm³/mol. The van der Waals surface area contributed by atoms with Crippen LogP contribution in [0, 0.1) is 0 Å². The molecule has 0 heterocycles. The Morgan fingerprint density at radius 3 is 2.08 bits per heavy atom. The van der Waals surface area contributed by atoms with Crippen LogP contribution in [0.4, 0.5) is 5.69 Å². The molecule has 0 aromatic heterocycles. The number of hydrogen-bond donors (Lipinski definition) is 1. The van der Waals surface area contributed by atoms with Crippen molar-refractivity contribution >= 4 is 5.69 Å². The molecule has 3 heteroatoms. The van der Waals surface area contributed by atoms with Gasteiger partial charge in [-0.2, -0.15) is 0 Å². The molecule has 0 amide bonds. The zero-order valence-corrected chi connectivity index (χ0v) is 7.65. The highest BCUT2D eigenvalue weighted by molar-refractivity contribution is 5.45. The first-order valence-corrected chi connectivity index (χ1v) is 3.61. The summed E-state index contributed by atoms with van der Waals surface area (Å²) in [5, 5.41) is 9.17. The van der Waals surface area contributed by atoms with E-state index in [0.717, 1.165) is 10.2 Å². The molecule has 1 rings (SSSR count). The number of aromatic hydroxyl groups is 1. The average molecular weight is 169 g/mol. The maximum atomic E-state index is 9.17. The van der Waals surface area contributed by atoms with E-state index in [1.807, 2.05) is 12.1 Å². The lowest BCUT2D eigenvalue weighted by Gasteiger charge is -2.23. The molecule has 1 aromatic carbocycles. The van der Waals surface area contributed by atoms with Gasteiger partial charge in [-0.05, 0) is 12.1 Å². The minimum absolute atomic E-state index is 0. The van der Waals surface area contributed by atoms with E-state index in [4.69, 9.17) is 5.11 Å². The van der Waals surface area contributed by atoms with Gasteiger partial charge in [0.1, 0.15) is 11.4 Å². The van der Waals surface area contributed by atoms with Gasteiger partial charge in [-0.25, -0.2) is 0 Å². The molecule has 0 aliphatic rings. The largest absolute Gasteiger partial charge is 0.870 e. The van der Waals surface area contributed by atoms with Gasteiger partial charge in [0.05, 0.1) is 21.1 Å². The summed E-state index contributed by atoms with van der Waals surface area (Å²) in [6, 6.07) is 7.31. The van der Waals surface area contributed by atoms with Crippen LogP contribution in [0.1, 0.15) is 0 Å². The molecular weight excluding hydrogens is 154 g/mol. The van der Waals surface area contributed by atoms with Gasteiger partial charge < -0.3 is 10.6 Å². The number of phenolic OH excluding ortho intramolecular Hbond substituents is 1. The number of benzene rings is 1. The Bertz CT molecular complexity index is 253. The highest BCUT2D eigenvalue weighted by atomic mass is 16.3. The molecule has 0 saturated heterocycles. The van der Waals surface area contributed by atoms with Crippen LogP contribution in [0.15, 0.2) is 24.3 Å². The van der Waals surface area contributed by atoms with E-state index >= 15 is 0 Å². The molecule has 3 nitrogen and oxygen atoms in total. The SMILES string of the molecule is C[N+](C)(C)c1cccc(O)c1.[OH-]. The van der Waals surface area contributed by atoms with Crippen molar-refractivity contribution in [2.45, 2.75) is 0 Å². The summed E-state index contributed by atoms with van der Waals surface area (Å²) in [6.45, 7) is 0. The van der Waals surface area contributed by atoms with Crippen molar-refractivity contribution in [1.29, 1.82) is 0 Å². The Balaban J connectivity index is 0.00000121. The smallest absolute Gasteiger partial charge is 0.135 e. The van der Waals surface area contributed by atoms with Crippen molar-refractivity contribution in [2.75, 3.05) is 21.1 Å². The minimum atomic E-state index is 0. The Morgan fingerprint density at radius 2 is 1.75 bits per heavy atom. The molecule has 12 heavy (non-hydrogen) atoms. The fraction of sp³-hybridized carbons (Fsp3) is 0.333. The number of nitrogens with zero attached hydrogens (tertiary/aromatic N) is 1. The van der Waals surface area contributed by atoms with Crippen LogP contribution in [-0.4, -0.2) is 31.7 Å². The van der Waals surface area contributed by atoms with Crippen molar-refractivity contribution in [3.63, 3.8) is 0 Å². The van der Waals surface area contributed by atoms with E-state index < -0.39 is 0 Å². The molecular formula is C9H15NO2. The van der Waals surface area contributed by atoms with Gasteiger partial charge in [0.2, 0.25) is 0 Å². The maximum absolute atomic E-state index is 9.17. The average Bonchev–Trinajstić information content (AvgIpc) is 1.86. The number of phenols is 1. The summed E-state index contributed by atoms with van der Waals surface area (Å²) in [6.07, 6.45) is 0. The second-order valence-electron chi connectivity index (χ2n) is 3.53. The third kappa shape index (κ3) is 2.53. The first-order chi connectivity index (χ1) is 5.00. The summed E-state index contributed by atoms with van der Waals surface area (Å²) in [7, 11) is 6.19. The van der Waals surface area contributed by atoms with Gasteiger partial charge in [0, 0.05) is 6.07 Å². The van der Waals surface area contributed by atoms with E-state index in [0.29, 0.717) is 5.75 Å². The van der Waals surface area contributed by atoms with E-state index in [1.165, 1.54) is 0 Å². The van der Waals surface area contributed by atoms with E-state index in [9.17, 15) is 0 Å². The van der Waals surface area contributed by atoms with Crippen molar-refractivity contribution in [2.24, 2.45) is 0 Å². The van der Waals surface area contributed by atoms with Gasteiger partial charge >= 0.3 is 0 Å². The van der Waals surface area contributed by atoms with Crippen LogP contribution in [0.25, 0.3) is 0 Å². The quantitative estimate of drug-likeness (QED) is 0.646. The highest BCUT2D eigenvalue weighted by Gasteiger charge is 2.11. The standard InChI is InChI=1S/C9H13NO.H2O/c1-10(2,3)8-5-4-6-9(11)7-8;/h4-7H,1-3H3;1H2. The molecule has 0 unspecified atom stereocenters. The summed E-state index contributed by atoms with van der Waals surface area (Å²) in [5.41, 5.74) is 1.10. The van der Waals surface area contributed by atoms with Crippen molar-refractivity contribution in [3.05, 3.63) is 24.3 Å². The van der Waals surface area contributed by atoms with Gasteiger partial charge in [0.25, 0.3) is 0 Å². The van der Waals surface area contributed by atoms with Gasteiger partial charge in [-0.15, -0.1) is 0 Å². The first-order valence-electron chi connectivity index (χ1n) is 3.61. The van der Waals surface area contributed by atoms with E-state index in [-0.39, 0.29) is 5.48 Å². The van der Waals surface area contributed by atoms with Crippen LogP contribution in [0.5, 0.6) is 5.75 Å². The molecule has 0 saturated carbocycles. The van der Waals surface area contributed by atoms with Crippen molar-refractivity contribution in [1.82, 2.24) is 4.48 Å². The van der Waals surface area contributed by atoms with Crippen LogP contribution in [-0.2, 0) is 0 Å². The molecule has 0 bridgehead atoms. The van der Waals surface area contributed by atoms with Crippen LogP contribution in [0.3, 0.4) is 0 Å². The van der Waals surface area contributed by atoms with E-state index in [1.54, 1.807) is 12.1 Å². The number of quaternary nitrogens is 1. The highest BCUT2D eigenvalue weighted by Crippen LogP contribution is 2.21. The summed E-state index contributed by atoms with van der Waals surface area (Å²) in [5.74, 6) is 0.329. The second kappa shape index (κ2) is 3.56. The van der Waals surface area contributed by atoms with Gasteiger partial charge in [-0.3, -0.25) is 4.48 Å². The lowest BCUT2D eigenvalue weighted by molar-refractivity contribution is 0.460. The van der Waals surface area contributed by atoms with E-state index in [2.05, 4.69) is 21.1 Å². The molecule has 0 atom stereocenters. The lowest BCUT2D eigenvalue weighted by Crippen LogP contribution is -2.34. The van der Waals surface area contributed by atoms with Crippen LogP contribution >= 0.6 is 0 Å². The molecule has 0 fully saturated rings. The zero-order valence-electron chi connectivity index (χ0n) is 7.65. The summed E-state index contributed by atoms with van der Waals surface area (Å²) >= 11 is 0. The molecule has 0 radical (unpaired) electrons. The van der Waals surface area contributed by atoms with Crippen LogP contribution < -0.4 is 4.48 Å². The fourth-order valence-corrected chi connectivity index (χ4v) is 0.910. The Labute approximate surface area is 72.8 Å². The fourth-order valence-electron chi connectivity index (χ4n) is 0.910. The second-order valence-corrected chi connectivity index (χ2v) is 3.53. The molecule has 0 spiro atoms. The number of rotatable bonds is 1. The number of hydrogen-bond acceptors (Lipinski definition) is 2. The molecule has 0 aliphatic heterocycles. The lowest BCUT2D eigenvalue weighted by atomic mass is 10.2. The topological polar surface area (TPSA) is 50.2 Å². The maximum Gasteiger partial charge on any atom is 0.135 e. The van der Waals surface area contributed by atoms with Gasteiger partial charge in [-0.1, -0.05) is 6.07 Å². The minimum Gasteiger partial charge on any atom is -0.870 e. The van der Waals surface area contributed by atoms with Crippen molar-refractivity contribution in [3.8, 4) is 5.75 Å². The van der Waals surface area contributed by atoms with Crippen LogP contribution in [0.2, 0.25) is 0 Å². The normalized spacial score (nSPS) is 10.6. The third-order valence-electron chi connectivity index (χ3n) is 1.60. The third-order valence-corrected chi connectivity index (χ3v) is 1.60. The summed E-state index contributed by atoms with van der Waals surface area (Å²) in [4.78, 5) is 0. The van der Waals surface area contributed by atoms with Crippen molar-refractivity contribution < 1.29 is 10.6 Å². The predicted octanol–water partition coefficient (Wildman–Crippen LogP) is 1.41. The Morgan fingerprint density at radius 1 is 1.17 bits per heavy atom. The molecule has 2 N–H and O–H groups in total. The molecule has 0 aliphatic carbocycles. The Kier molecular flexibility index (Phi) is 3.24. The first kappa shape index (κ1) is 10.9. The molecule has 1 aromatic rings. The Hall–Kier alpha value is -1.06. The summed E-state index contributed by atoms with van der Waals surface area (Å²) < 4.78 is 0.731. The van der Waals surface area contributed by atoms with Gasteiger partial charge in [0.15, 0.2) is 0 Å². The molecule has 68 valence electrons. The monoisotopic (exact) mass is 169 g/mol. The zero-order chi connectivity index (χ0) is 8.48.